The summed E-state index contributed by atoms with van der Waals surface area (Å²) in [7, 11) is 1.66. The summed E-state index contributed by atoms with van der Waals surface area (Å²) in [5, 5.41) is 1.82. The monoisotopic (exact) mass is 245 g/mol. The van der Waals surface area contributed by atoms with Gasteiger partial charge in [-0.05, 0) is 24.3 Å². The normalized spacial score (nSPS) is 10.9. The van der Waals surface area contributed by atoms with Gasteiger partial charge in [0.2, 0.25) is 0 Å². The van der Waals surface area contributed by atoms with Crippen LogP contribution in [-0.4, -0.2) is 17.1 Å². The molecule has 4 nitrogen and oxygen atoms in total. The molecule has 0 atom stereocenters. The van der Waals surface area contributed by atoms with Gasteiger partial charge < -0.3 is 15.5 Å². The van der Waals surface area contributed by atoms with Crippen LogP contribution in [0.3, 0.4) is 0 Å². The summed E-state index contributed by atoms with van der Waals surface area (Å²) >= 11 is 1.44. The van der Waals surface area contributed by atoms with Gasteiger partial charge in [0.05, 0.1) is 18.3 Å². The van der Waals surface area contributed by atoms with Gasteiger partial charge in [-0.2, -0.15) is 0 Å². The van der Waals surface area contributed by atoms with Crippen molar-refractivity contribution in [3.8, 4) is 17.1 Å². The predicted octanol–water partition coefficient (Wildman–Crippen LogP) is 2.88. The second-order valence-electron chi connectivity index (χ2n) is 3.70. The highest BCUT2D eigenvalue weighted by Gasteiger charge is 2.09. The molecule has 0 unspecified atom stereocenters. The topological polar surface area (TPSA) is 63.9 Å². The van der Waals surface area contributed by atoms with Crippen LogP contribution in [0.15, 0.2) is 29.8 Å². The van der Waals surface area contributed by atoms with Gasteiger partial charge >= 0.3 is 0 Å². The van der Waals surface area contributed by atoms with E-state index in [0.717, 1.165) is 33.0 Å². The largest absolute Gasteiger partial charge is 0.497 e. The van der Waals surface area contributed by atoms with E-state index in [2.05, 4.69) is 9.97 Å². The van der Waals surface area contributed by atoms with Crippen LogP contribution in [-0.2, 0) is 0 Å². The van der Waals surface area contributed by atoms with Crippen LogP contribution in [0, 0.1) is 0 Å². The molecule has 3 aromatic rings. The number of nitrogens with two attached hydrogens (primary N) is 1. The molecule has 3 N–H and O–H groups in total. The summed E-state index contributed by atoms with van der Waals surface area (Å²) in [5.74, 6) is 0.842. The van der Waals surface area contributed by atoms with Gasteiger partial charge in [-0.25, -0.2) is 4.98 Å². The minimum Gasteiger partial charge on any atom is -0.497 e. The Morgan fingerprint density at radius 3 is 2.94 bits per heavy atom. The first-order valence-corrected chi connectivity index (χ1v) is 6.02. The maximum atomic E-state index is 5.86. The van der Waals surface area contributed by atoms with E-state index in [4.69, 9.17) is 10.5 Å². The number of methoxy groups -OCH3 is 1. The van der Waals surface area contributed by atoms with Crippen LogP contribution < -0.4 is 10.5 Å². The van der Waals surface area contributed by atoms with Gasteiger partial charge in [0, 0.05) is 10.9 Å². The number of aromatic amines is 1. The number of ether oxygens (including phenoxy) is 1. The molecule has 17 heavy (non-hydrogen) atoms. The summed E-state index contributed by atoms with van der Waals surface area (Å²) < 4.78 is 5.19. The summed E-state index contributed by atoms with van der Waals surface area (Å²) in [5.41, 5.74) is 10.4. The Morgan fingerprint density at radius 1 is 1.35 bits per heavy atom. The third-order valence-corrected chi connectivity index (χ3v) is 3.34. The maximum Gasteiger partial charge on any atom is 0.121 e. The molecule has 0 saturated carbocycles. The third-order valence-electron chi connectivity index (χ3n) is 2.68. The van der Waals surface area contributed by atoms with Gasteiger partial charge in [0.15, 0.2) is 0 Å². The minimum absolute atomic E-state index is 0.725. The summed E-state index contributed by atoms with van der Waals surface area (Å²) in [6.07, 6.45) is 0. The van der Waals surface area contributed by atoms with E-state index in [1.165, 1.54) is 11.3 Å². The first-order chi connectivity index (χ1) is 8.28. The molecule has 0 bridgehead atoms. The molecule has 0 spiro atoms. The Balaban J connectivity index is 2.17. The van der Waals surface area contributed by atoms with Crippen LogP contribution in [0.2, 0.25) is 0 Å². The molecule has 86 valence electrons. The molecule has 0 amide bonds. The molecule has 0 aliphatic rings. The fourth-order valence-electron chi connectivity index (χ4n) is 1.82. The van der Waals surface area contributed by atoms with Crippen molar-refractivity contribution in [1.29, 1.82) is 0 Å². The Morgan fingerprint density at radius 2 is 2.24 bits per heavy atom. The molecule has 0 radical (unpaired) electrons. The lowest BCUT2D eigenvalue weighted by atomic mass is 10.2. The van der Waals surface area contributed by atoms with Gasteiger partial charge in [-0.15, -0.1) is 11.3 Å². The highest BCUT2D eigenvalue weighted by atomic mass is 32.1. The van der Waals surface area contributed by atoms with E-state index < -0.39 is 0 Å². The number of fused-ring (bicyclic) bond motifs is 1. The number of rotatable bonds is 2. The second kappa shape index (κ2) is 3.78. The zero-order valence-corrected chi connectivity index (χ0v) is 10.0. The molecule has 1 aromatic carbocycles. The quantitative estimate of drug-likeness (QED) is 0.729. The van der Waals surface area contributed by atoms with Gasteiger partial charge in [-0.1, -0.05) is 0 Å². The van der Waals surface area contributed by atoms with Crippen molar-refractivity contribution in [1.82, 2.24) is 9.97 Å². The third kappa shape index (κ3) is 1.64. The van der Waals surface area contributed by atoms with Crippen molar-refractivity contribution < 1.29 is 4.74 Å². The number of H-pyrrole nitrogens is 1. The molecule has 0 aliphatic heterocycles. The summed E-state index contributed by atoms with van der Waals surface area (Å²) in [4.78, 5) is 7.55. The zero-order chi connectivity index (χ0) is 11.8. The lowest BCUT2D eigenvalue weighted by Gasteiger charge is -1.97. The molecular weight excluding hydrogens is 234 g/mol. The fourth-order valence-corrected chi connectivity index (χ4v) is 2.37. The molecule has 0 saturated heterocycles. The highest BCUT2D eigenvalue weighted by molar-refractivity contribution is 7.14. The van der Waals surface area contributed by atoms with Crippen LogP contribution in [0.25, 0.3) is 22.3 Å². The first kappa shape index (κ1) is 10.2. The number of nitrogens with one attached hydrogen (secondary N) is 1. The lowest BCUT2D eigenvalue weighted by Crippen LogP contribution is -1.84. The maximum absolute atomic E-state index is 5.86. The average molecular weight is 245 g/mol. The summed E-state index contributed by atoms with van der Waals surface area (Å²) in [6, 6.07) is 7.93. The van der Waals surface area contributed by atoms with E-state index in [1.54, 1.807) is 12.6 Å². The Hall–Kier alpha value is -2.01. The molecule has 5 heteroatoms. The number of benzene rings is 1. The van der Waals surface area contributed by atoms with Crippen molar-refractivity contribution in [2.45, 2.75) is 0 Å². The van der Waals surface area contributed by atoms with Crippen LogP contribution >= 0.6 is 11.3 Å². The molecule has 2 heterocycles. The van der Waals surface area contributed by atoms with Gasteiger partial charge in [-0.3, -0.25) is 0 Å². The fraction of sp³-hybridized carbons (Fsp3) is 0.0833. The number of hydrogen-bond acceptors (Lipinski definition) is 4. The van der Waals surface area contributed by atoms with Crippen molar-refractivity contribution in [2.75, 3.05) is 12.8 Å². The van der Waals surface area contributed by atoms with E-state index >= 15 is 0 Å². The SMILES string of the molecule is COc1ccc2[nH]c(-c3ncsc3N)cc2c1. The Labute approximate surface area is 102 Å². The first-order valence-electron chi connectivity index (χ1n) is 5.14. The number of nitrogens with zero attached hydrogens (tertiary/aromatic N) is 1. The molecule has 0 aliphatic carbocycles. The summed E-state index contributed by atoms with van der Waals surface area (Å²) in [6.45, 7) is 0. The highest BCUT2D eigenvalue weighted by Crippen LogP contribution is 2.30. The van der Waals surface area contributed by atoms with E-state index in [1.807, 2.05) is 24.3 Å². The number of thiazole rings is 1. The lowest BCUT2D eigenvalue weighted by molar-refractivity contribution is 0.415. The van der Waals surface area contributed by atoms with Crippen LogP contribution in [0.5, 0.6) is 5.75 Å². The van der Waals surface area contributed by atoms with Gasteiger partial charge in [0.25, 0.3) is 0 Å². The van der Waals surface area contributed by atoms with Crippen molar-refractivity contribution >= 4 is 27.2 Å². The van der Waals surface area contributed by atoms with E-state index in [0.29, 0.717) is 0 Å². The van der Waals surface area contributed by atoms with Gasteiger partial charge in [0.1, 0.15) is 16.4 Å². The number of nitrogen functional groups attached to an aromatic ring is 1. The molecule has 3 rings (SSSR count). The number of hydrogen-bond donors (Lipinski definition) is 2. The second-order valence-corrected chi connectivity index (χ2v) is 4.59. The Bertz CT molecular complexity index is 671. The van der Waals surface area contributed by atoms with Crippen LogP contribution in [0.1, 0.15) is 0 Å². The van der Waals surface area contributed by atoms with E-state index in [9.17, 15) is 0 Å². The predicted molar refractivity (Wildman–Crippen MR) is 70.4 cm³/mol. The van der Waals surface area contributed by atoms with E-state index in [-0.39, 0.29) is 0 Å². The van der Waals surface area contributed by atoms with Crippen molar-refractivity contribution in [2.24, 2.45) is 0 Å². The average Bonchev–Trinajstić information content (AvgIpc) is 2.93. The van der Waals surface area contributed by atoms with Crippen molar-refractivity contribution in [3.05, 3.63) is 29.8 Å². The molecule has 2 aromatic heterocycles. The molecular formula is C12H11N3OS. The zero-order valence-electron chi connectivity index (χ0n) is 9.23. The number of aromatic nitrogens is 2. The standard InChI is InChI=1S/C12H11N3OS/c1-16-8-2-3-9-7(4-8)5-10(15-9)11-12(13)17-6-14-11/h2-6,15H,13H2,1H3. The Kier molecular flexibility index (Phi) is 2.26. The smallest absolute Gasteiger partial charge is 0.121 e. The van der Waals surface area contributed by atoms with Crippen LogP contribution in [0.4, 0.5) is 5.00 Å². The number of anilines is 1. The minimum atomic E-state index is 0.725. The molecule has 0 fully saturated rings. The van der Waals surface area contributed by atoms with Crippen molar-refractivity contribution in [3.63, 3.8) is 0 Å².